The van der Waals surface area contributed by atoms with Crippen molar-refractivity contribution in [2.75, 3.05) is 6.54 Å². The van der Waals surface area contributed by atoms with Crippen LogP contribution in [0.3, 0.4) is 0 Å². The summed E-state index contributed by atoms with van der Waals surface area (Å²) < 4.78 is 1.49. The quantitative estimate of drug-likeness (QED) is 0.702. The third kappa shape index (κ3) is 2.22. The van der Waals surface area contributed by atoms with Gasteiger partial charge in [-0.05, 0) is 12.8 Å². The molecule has 5 heteroatoms. The SMILES string of the molecule is C=CCCC(=O)NCCn1c(O)c2c(c1O)C1C=CC2C1. The Morgan fingerprint density at radius 3 is 2.52 bits per heavy atom. The minimum atomic E-state index is -0.0460. The summed E-state index contributed by atoms with van der Waals surface area (Å²) in [4.78, 5) is 11.5. The van der Waals surface area contributed by atoms with Gasteiger partial charge in [-0.15, -0.1) is 6.58 Å². The molecule has 3 N–H and O–H groups in total. The van der Waals surface area contributed by atoms with Gasteiger partial charge in [0.05, 0.1) is 0 Å². The third-order valence-corrected chi connectivity index (χ3v) is 4.34. The molecule has 0 radical (unpaired) electrons. The van der Waals surface area contributed by atoms with Crippen LogP contribution in [0.1, 0.15) is 42.2 Å². The number of carbonyl (C=O) groups is 1. The smallest absolute Gasteiger partial charge is 0.220 e. The molecule has 0 saturated heterocycles. The minimum absolute atomic E-state index is 0.0460. The van der Waals surface area contributed by atoms with Crippen molar-refractivity contribution >= 4 is 5.91 Å². The topological polar surface area (TPSA) is 74.5 Å². The molecule has 0 aromatic carbocycles. The molecule has 1 aromatic rings. The summed E-state index contributed by atoms with van der Waals surface area (Å²) in [7, 11) is 0. The van der Waals surface area contributed by atoms with Crippen molar-refractivity contribution < 1.29 is 15.0 Å². The maximum absolute atomic E-state index is 11.5. The second kappa shape index (κ2) is 5.31. The number of amides is 1. The molecule has 21 heavy (non-hydrogen) atoms. The number of fused-ring (bicyclic) bond motifs is 5. The average molecular weight is 288 g/mol. The van der Waals surface area contributed by atoms with Crippen LogP contribution in [0.2, 0.25) is 0 Å². The van der Waals surface area contributed by atoms with Crippen molar-refractivity contribution in [1.82, 2.24) is 9.88 Å². The van der Waals surface area contributed by atoms with E-state index in [1.54, 1.807) is 6.08 Å². The Morgan fingerprint density at radius 1 is 1.33 bits per heavy atom. The van der Waals surface area contributed by atoms with Crippen molar-refractivity contribution in [3.63, 3.8) is 0 Å². The summed E-state index contributed by atoms with van der Waals surface area (Å²) in [5.41, 5.74) is 1.72. The van der Waals surface area contributed by atoms with Gasteiger partial charge in [0.1, 0.15) is 0 Å². The lowest BCUT2D eigenvalue weighted by Gasteiger charge is -2.10. The predicted molar refractivity (Wildman–Crippen MR) is 79.4 cm³/mol. The van der Waals surface area contributed by atoms with E-state index in [1.807, 2.05) is 0 Å². The zero-order valence-corrected chi connectivity index (χ0v) is 11.9. The number of hydrogen-bond donors (Lipinski definition) is 3. The molecule has 0 saturated carbocycles. The normalized spacial score (nSPS) is 21.5. The summed E-state index contributed by atoms with van der Waals surface area (Å²) in [5.74, 6) is 0.674. The Morgan fingerprint density at radius 2 is 1.95 bits per heavy atom. The molecule has 0 spiro atoms. The van der Waals surface area contributed by atoms with Crippen LogP contribution in [-0.2, 0) is 11.3 Å². The molecule has 3 rings (SSSR count). The molecule has 2 bridgehead atoms. The Kier molecular flexibility index (Phi) is 3.49. The highest BCUT2D eigenvalue weighted by molar-refractivity contribution is 5.75. The van der Waals surface area contributed by atoms with E-state index in [2.05, 4.69) is 24.0 Å². The maximum atomic E-state index is 11.5. The third-order valence-electron chi connectivity index (χ3n) is 4.34. The van der Waals surface area contributed by atoms with Crippen molar-refractivity contribution in [3.05, 3.63) is 35.9 Å². The fourth-order valence-corrected chi connectivity index (χ4v) is 3.33. The molecule has 1 amide bonds. The van der Waals surface area contributed by atoms with E-state index in [1.165, 1.54) is 4.57 Å². The van der Waals surface area contributed by atoms with Crippen LogP contribution < -0.4 is 5.32 Å². The highest BCUT2D eigenvalue weighted by Gasteiger charge is 2.40. The molecule has 0 aliphatic heterocycles. The first-order chi connectivity index (χ1) is 10.1. The van der Waals surface area contributed by atoms with Crippen LogP contribution in [0.25, 0.3) is 0 Å². The second-order valence-corrected chi connectivity index (χ2v) is 5.64. The predicted octanol–water partition coefficient (Wildman–Crippen LogP) is 2.12. The van der Waals surface area contributed by atoms with E-state index in [-0.39, 0.29) is 29.5 Å². The molecular weight excluding hydrogens is 268 g/mol. The van der Waals surface area contributed by atoms with Crippen LogP contribution in [-0.4, -0.2) is 27.2 Å². The highest BCUT2D eigenvalue weighted by atomic mass is 16.3. The zero-order valence-electron chi connectivity index (χ0n) is 11.9. The van der Waals surface area contributed by atoms with Crippen molar-refractivity contribution in [2.45, 2.75) is 37.6 Å². The number of hydrogen-bond acceptors (Lipinski definition) is 3. The first kappa shape index (κ1) is 13.8. The summed E-state index contributed by atoms with van der Waals surface area (Å²) >= 11 is 0. The largest absolute Gasteiger partial charge is 0.494 e. The molecule has 2 unspecified atom stereocenters. The van der Waals surface area contributed by atoms with Gasteiger partial charge in [0.15, 0.2) is 11.8 Å². The maximum Gasteiger partial charge on any atom is 0.220 e. The van der Waals surface area contributed by atoms with Gasteiger partial charge in [-0.25, -0.2) is 0 Å². The van der Waals surface area contributed by atoms with Crippen molar-refractivity contribution in [1.29, 1.82) is 0 Å². The number of aromatic hydroxyl groups is 2. The fourth-order valence-electron chi connectivity index (χ4n) is 3.33. The Hall–Kier alpha value is -2.17. The van der Waals surface area contributed by atoms with Gasteiger partial charge in [-0.3, -0.25) is 9.36 Å². The average Bonchev–Trinajstić information content (AvgIpc) is 3.14. The minimum Gasteiger partial charge on any atom is -0.494 e. The molecule has 2 aliphatic carbocycles. The van der Waals surface area contributed by atoms with E-state index < -0.39 is 0 Å². The van der Waals surface area contributed by atoms with E-state index in [4.69, 9.17) is 0 Å². The van der Waals surface area contributed by atoms with E-state index in [9.17, 15) is 15.0 Å². The van der Waals surface area contributed by atoms with Crippen LogP contribution in [0.15, 0.2) is 24.8 Å². The molecule has 112 valence electrons. The van der Waals surface area contributed by atoms with E-state index in [0.29, 0.717) is 25.9 Å². The fraction of sp³-hybridized carbons (Fsp3) is 0.438. The lowest BCUT2D eigenvalue weighted by atomic mass is 10.0. The van der Waals surface area contributed by atoms with Gasteiger partial charge < -0.3 is 15.5 Å². The molecule has 5 nitrogen and oxygen atoms in total. The molecular formula is C16H20N2O3. The molecule has 2 atom stereocenters. The Labute approximate surface area is 123 Å². The van der Waals surface area contributed by atoms with E-state index >= 15 is 0 Å². The lowest BCUT2D eigenvalue weighted by molar-refractivity contribution is -0.121. The standard InChI is InChI=1S/C16H20N2O3/c1-2-3-4-12(19)17-7-8-18-15(20)13-10-5-6-11(9-10)14(13)16(18)21/h2,5-6,10-11,20-21H,1,3-4,7-9H2,(H,17,19). The van der Waals surface area contributed by atoms with Gasteiger partial charge >= 0.3 is 0 Å². The summed E-state index contributed by atoms with van der Waals surface area (Å²) in [5, 5.41) is 23.4. The zero-order chi connectivity index (χ0) is 15.0. The molecule has 1 aromatic heterocycles. The summed E-state index contributed by atoms with van der Waals surface area (Å²) in [6, 6.07) is 0. The monoisotopic (exact) mass is 288 g/mol. The van der Waals surface area contributed by atoms with Crippen LogP contribution in [0.5, 0.6) is 11.8 Å². The first-order valence-corrected chi connectivity index (χ1v) is 7.33. The Bertz CT molecular complexity index is 580. The Balaban J connectivity index is 1.65. The summed E-state index contributed by atoms with van der Waals surface area (Å²) in [6.07, 6.45) is 7.90. The van der Waals surface area contributed by atoms with Crippen LogP contribution in [0, 0.1) is 0 Å². The van der Waals surface area contributed by atoms with Crippen LogP contribution >= 0.6 is 0 Å². The molecule has 0 fully saturated rings. The number of nitrogens with one attached hydrogen (secondary N) is 1. The number of rotatable bonds is 6. The van der Waals surface area contributed by atoms with Gasteiger partial charge in [-0.2, -0.15) is 0 Å². The summed E-state index contributed by atoms with van der Waals surface area (Å²) in [6.45, 7) is 4.32. The van der Waals surface area contributed by atoms with Crippen molar-refractivity contribution in [2.24, 2.45) is 0 Å². The molecule has 1 heterocycles. The second-order valence-electron chi connectivity index (χ2n) is 5.64. The van der Waals surface area contributed by atoms with Gasteiger partial charge in [-0.1, -0.05) is 18.2 Å². The van der Waals surface area contributed by atoms with Gasteiger partial charge in [0, 0.05) is 42.5 Å². The van der Waals surface area contributed by atoms with Gasteiger partial charge in [0.2, 0.25) is 5.91 Å². The van der Waals surface area contributed by atoms with Gasteiger partial charge in [0.25, 0.3) is 0 Å². The molecule has 2 aliphatic rings. The first-order valence-electron chi connectivity index (χ1n) is 7.33. The number of carbonyl (C=O) groups excluding carboxylic acids is 1. The lowest BCUT2D eigenvalue weighted by Crippen LogP contribution is -2.26. The number of allylic oxidation sites excluding steroid dienone is 3. The highest BCUT2D eigenvalue weighted by Crippen LogP contribution is 2.56. The van der Waals surface area contributed by atoms with Crippen LogP contribution in [0.4, 0.5) is 0 Å². The van der Waals surface area contributed by atoms with E-state index in [0.717, 1.165) is 17.5 Å². The van der Waals surface area contributed by atoms with Crippen molar-refractivity contribution in [3.8, 4) is 11.8 Å². The number of nitrogens with zero attached hydrogens (tertiary/aromatic N) is 1. The number of aromatic nitrogens is 1.